The first kappa shape index (κ1) is 21.3. The number of rotatable bonds is 10. The van der Waals surface area contributed by atoms with E-state index in [1.807, 2.05) is 0 Å². The van der Waals surface area contributed by atoms with Gasteiger partial charge in [-0.05, 0) is 18.6 Å². The molecule has 0 atom stereocenters. The highest BCUT2D eigenvalue weighted by atomic mass is 16.5. The highest BCUT2D eigenvalue weighted by molar-refractivity contribution is 5.95. The third-order valence-corrected chi connectivity index (χ3v) is 3.68. The van der Waals surface area contributed by atoms with Crippen molar-refractivity contribution < 1.29 is 28.6 Å². The summed E-state index contributed by atoms with van der Waals surface area (Å²) in [5, 5.41) is 2.68. The maximum Gasteiger partial charge on any atom is 0.307 e. The van der Waals surface area contributed by atoms with E-state index in [2.05, 4.69) is 10.1 Å². The SMILES string of the molecule is COC(=O)CCN(CCCNC(C)=O)C(=O)c1cc(OC)cc(OC)c1. The first-order chi connectivity index (χ1) is 12.4. The summed E-state index contributed by atoms with van der Waals surface area (Å²) >= 11 is 0. The number of ether oxygens (including phenoxy) is 3. The van der Waals surface area contributed by atoms with E-state index in [9.17, 15) is 14.4 Å². The van der Waals surface area contributed by atoms with Gasteiger partial charge in [0, 0.05) is 38.2 Å². The van der Waals surface area contributed by atoms with Gasteiger partial charge >= 0.3 is 5.97 Å². The van der Waals surface area contributed by atoms with Crippen molar-refractivity contribution in [2.75, 3.05) is 41.0 Å². The molecule has 1 aromatic carbocycles. The van der Waals surface area contributed by atoms with E-state index in [1.165, 1.54) is 28.3 Å². The maximum atomic E-state index is 12.9. The normalized spacial score (nSPS) is 10.0. The number of nitrogens with one attached hydrogen (secondary N) is 1. The molecule has 1 aromatic rings. The first-order valence-electron chi connectivity index (χ1n) is 8.24. The molecule has 0 heterocycles. The number of benzene rings is 1. The van der Waals surface area contributed by atoms with Crippen LogP contribution in [0.15, 0.2) is 18.2 Å². The van der Waals surface area contributed by atoms with Crippen LogP contribution in [0.1, 0.15) is 30.1 Å². The van der Waals surface area contributed by atoms with E-state index in [0.29, 0.717) is 36.6 Å². The van der Waals surface area contributed by atoms with Crippen molar-refractivity contribution in [3.8, 4) is 11.5 Å². The number of hydrogen-bond donors (Lipinski definition) is 1. The van der Waals surface area contributed by atoms with E-state index in [0.717, 1.165) is 0 Å². The largest absolute Gasteiger partial charge is 0.497 e. The van der Waals surface area contributed by atoms with Crippen LogP contribution in [0.3, 0.4) is 0 Å². The Hall–Kier alpha value is -2.77. The quantitative estimate of drug-likeness (QED) is 0.494. The molecule has 1 rings (SSSR count). The lowest BCUT2D eigenvalue weighted by atomic mass is 10.1. The number of amides is 2. The van der Waals surface area contributed by atoms with Crippen molar-refractivity contribution in [3.63, 3.8) is 0 Å². The first-order valence-corrected chi connectivity index (χ1v) is 8.24. The summed E-state index contributed by atoms with van der Waals surface area (Å²) in [5.74, 6) is 0.217. The molecular formula is C18H26N2O6. The second kappa shape index (κ2) is 11.0. The summed E-state index contributed by atoms with van der Waals surface area (Å²) in [4.78, 5) is 36.8. The van der Waals surface area contributed by atoms with Crippen LogP contribution in [0, 0.1) is 0 Å². The van der Waals surface area contributed by atoms with Crippen LogP contribution in [0.4, 0.5) is 0 Å². The number of nitrogens with zero attached hydrogens (tertiary/aromatic N) is 1. The van der Waals surface area contributed by atoms with E-state index >= 15 is 0 Å². The van der Waals surface area contributed by atoms with E-state index in [4.69, 9.17) is 9.47 Å². The van der Waals surface area contributed by atoms with Crippen LogP contribution in [0.2, 0.25) is 0 Å². The second-order valence-corrected chi connectivity index (χ2v) is 5.56. The molecule has 0 spiro atoms. The Morgan fingerprint density at radius 2 is 1.62 bits per heavy atom. The van der Waals surface area contributed by atoms with Crippen LogP contribution in [-0.4, -0.2) is 63.6 Å². The summed E-state index contributed by atoms with van der Waals surface area (Å²) in [6.07, 6.45) is 0.650. The highest BCUT2D eigenvalue weighted by Gasteiger charge is 2.19. The zero-order valence-corrected chi connectivity index (χ0v) is 15.7. The Morgan fingerprint density at radius 1 is 1.00 bits per heavy atom. The van der Waals surface area contributed by atoms with E-state index in [-0.39, 0.29) is 24.8 Å². The van der Waals surface area contributed by atoms with Gasteiger partial charge in [0.1, 0.15) is 11.5 Å². The third-order valence-electron chi connectivity index (χ3n) is 3.68. The average molecular weight is 366 g/mol. The van der Waals surface area contributed by atoms with Crippen LogP contribution < -0.4 is 14.8 Å². The molecule has 26 heavy (non-hydrogen) atoms. The Bertz CT molecular complexity index is 610. The van der Waals surface area contributed by atoms with Crippen LogP contribution in [0.25, 0.3) is 0 Å². The number of hydrogen-bond acceptors (Lipinski definition) is 6. The van der Waals surface area contributed by atoms with E-state index in [1.54, 1.807) is 23.1 Å². The minimum Gasteiger partial charge on any atom is -0.497 e. The van der Waals surface area contributed by atoms with Gasteiger partial charge in [-0.2, -0.15) is 0 Å². The van der Waals surface area contributed by atoms with Gasteiger partial charge in [-0.3, -0.25) is 14.4 Å². The molecule has 1 N–H and O–H groups in total. The zero-order valence-electron chi connectivity index (χ0n) is 15.7. The van der Waals surface area contributed by atoms with Gasteiger partial charge < -0.3 is 24.4 Å². The predicted octanol–water partition coefficient (Wildman–Crippen LogP) is 1.24. The molecule has 144 valence electrons. The van der Waals surface area contributed by atoms with Gasteiger partial charge in [0.25, 0.3) is 5.91 Å². The molecule has 0 aliphatic carbocycles. The van der Waals surface area contributed by atoms with Crippen molar-refractivity contribution in [3.05, 3.63) is 23.8 Å². The second-order valence-electron chi connectivity index (χ2n) is 5.56. The van der Waals surface area contributed by atoms with Gasteiger partial charge in [-0.1, -0.05) is 0 Å². The molecule has 0 saturated carbocycles. The van der Waals surface area contributed by atoms with Crippen molar-refractivity contribution in [2.45, 2.75) is 19.8 Å². The lowest BCUT2D eigenvalue weighted by molar-refractivity contribution is -0.140. The number of methoxy groups -OCH3 is 3. The molecule has 8 nitrogen and oxygen atoms in total. The summed E-state index contributed by atoms with van der Waals surface area (Å²) in [6, 6.07) is 4.90. The van der Waals surface area contributed by atoms with Crippen molar-refractivity contribution in [1.82, 2.24) is 10.2 Å². The minimum atomic E-state index is -0.395. The molecule has 0 aliphatic rings. The van der Waals surface area contributed by atoms with Crippen molar-refractivity contribution >= 4 is 17.8 Å². The monoisotopic (exact) mass is 366 g/mol. The van der Waals surface area contributed by atoms with Gasteiger partial charge in [0.2, 0.25) is 5.91 Å². The Labute approximate surface area is 153 Å². The lowest BCUT2D eigenvalue weighted by Gasteiger charge is -2.23. The molecule has 2 amide bonds. The smallest absolute Gasteiger partial charge is 0.307 e. The number of esters is 1. The molecule has 8 heteroatoms. The highest BCUT2D eigenvalue weighted by Crippen LogP contribution is 2.23. The topological polar surface area (TPSA) is 94.2 Å². The maximum absolute atomic E-state index is 12.9. The number of carbonyl (C=O) groups excluding carboxylic acids is 3. The fraction of sp³-hybridized carbons (Fsp3) is 0.500. The van der Waals surface area contributed by atoms with Gasteiger partial charge in [-0.25, -0.2) is 0 Å². The Balaban J connectivity index is 2.90. The van der Waals surface area contributed by atoms with Gasteiger partial charge in [-0.15, -0.1) is 0 Å². The van der Waals surface area contributed by atoms with Crippen LogP contribution in [-0.2, 0) is 14.3 Å². The zero-order chi connectivity index (χ0) is 19.5. The minimum absolute atomic E-state index is 0.0868. The molecule has 0 bridgehead atoms. The van der Waals surface area contributed by atoms with Gasteiger partial charge in [0.05, 0.1) is 27.8 Å². The standard InChI is InChI=1S/C18H26N2O6/c1-13(21)19-7-5-8-20(9-6-17(22)26-4)18(23)14-10-15(24-2)12-16(11-14)25-3/h10-12H,5-9H2,1-4H3,(H,19,21). The molecule has 0 radical (unpaired) electrons. The number of carbonyl (C=O) groups is 3. The third kappa shape index (κ3) is 7.00. The summed E-state index contributed by atoms with van der Waals surface area (Å²) in [7, 11) is 4.31. The molecule has 0 aromatic heterocycles. The van der Waals surface area contributed by atoms with Gasteiger partial charge in [0.15, 0.2) is 0 Å². The lowest BCUT2D eigenvalue weighted by Crippen LogP contribution is -2.35. The predicted molar refractivity (Wildman–Crippen MR) is 95.4 cm³/mol. The van der Waals surface area contributed by atoms with Crippen molar-refractivity contribution in [1.29, 1.82) is 0 Å². The molecule has 0 unspecified atom stereocenters. The average Bonchev–Trinajstić information content (AvgIpc) is 2.65. The molecule has 0 fully saturated rings. The van der Waals surface area contributed by atoms with Crippen LogP contribution in [0.5, 0.6) is 11.5 Å². The fourth-order valence-corrected chi connectivity index (χ4v) is 2.29. The molecule has 0 aliphatic heterocycles. The Kier molecular flexibility index (Phi) is 8.97. The Morgan fingerprint density at radius 3 is 2.12 bits per heavy atom. The summed E-state index contributed by atoms with van der Waals surface area (Å²) < 4.78 is 15.0. The van der Waals surface area contributed by atoms with Crippen LogP contribution >= 0.6 is 0 Å². The summed E-state index contributed by atoms with van der Waals surface area (Å²) in [5.41, 5.74) is 0.394. The fourth-order valence-electron chi connectivity index (χ4n) is 2.29. The summed E-state index contributed by atoms with van der Waals surface area (Å²) in [6.45, 7) is 2.47. The molecule has 0 saturated heterocycles. The van der Waals surface area contributed by atoms with Crippen molar-refractivity contribution in [2.24, 2.45) is 0 Å². The molecular weight excluding hydrogens is 340 g/mol. The van der Waals surface area contributed by atoms with E-state index < -0.39 is 5.97 Å².